The molecule has 0 radical (unpaired) electrons. The van der Waals surface area contributed by atoms with E-state index in [0.29, 0.717) is 21.9 Å². The van der Waals surface area contributed by atoms with Crippen molar-refractivity contribution in [2.24, 2.45) is 11.8 Å². The van der Waals surface area contributed by atoms with Gasteiger partial charge in [-0.05, 0) is 55.9 Å². The summed E-state index contributed by atoms with van der Waals surface area (Å²) in [6.07, 6.45) is 10.6. The molecule has 0 aromatic rings. The summed E-state index contributed by atoms with van der Waals surface area (Å²) in [5.74, 6) is 3.89. The van der Waals surface area contributed by atoms with E-state index in [1.807, 2.05) is 6.08 Å². The summed E-state index contributed by atoms with van der Waals surface area (Å²) in [5.41, 5.74) is 0.180. The van der Waals surface area contributed by atoms with Gasteiger partial charge in [-0.3, -0.25) is 4.79 Å². The molecular formula is C18H27NOS2. The molecule has 1 saturated carbocycles. The van der Waals surface area contributed by atoms with Crippen molar-refractivity contribution < 1.29 is 4.79 Å². The zero-order valence-electron chi connectivity index (χ0n) is 13.6. The number of carbonyl (C=O) groups is 1. The molecule has 2 spiro atoms. The van der Waals surface area contributed by atoms with Crippen LogP contribution >= 0.6 is 23.5 Å². The minimum atomic E-state index is 0.180. The van der Waals surface area contributed by atoms with Crippen molar-refractivity contribution in [3.8, 4) is 0 Å². The predicted octanol–water partition coefficient (Wildman–Crippen LogP) is 4.31. The van der Waals surface area contributed by atoms with Gasteiger partial charge >= 0.3 is 0 Å². The summed E-state index contributed by atoms with van der Waals surface area (Å²) >= 11 is 4.40. The van der Waals surface area contributed by atoms with Crippen LogP contribution in [-0.2, 0) is 4.79 Å². The van der Waals surface area contributed by atoms with Crippen molar-refractivity contribution in [2.45, 2.75) is 67.5 Å². The number of nitrogens with zero attached hydrogens (tertiary/aromatic N) is 1. The SMILES string of the molecule is C=CC[C@H]1CC2(C[C@@]34CCCC3[C@@H](C)C(=O)N14)SCCCS2. The van der Waals surface area contributed by atoms with Crippen LogP contribution in [0.2, 0.25) is 0 Å². The van der Waals surface area contributed by atoms with Crippen LogP contribution in [-0.4, -0.2) is 38.0 Å². The highest BCUT2D eigenvalue weighted by Crippen LogP contribution is 2.63. The van der Waals surface area contributed by atoms with Gasteiger partial charge in [0, 0.05) is 17.5 Å². The van der Waals surface area contributed by atoms with Gasteiger partial charge in [0.25, 0.3) is 0 Å². The lowest BCUT2D eigenvalue weighted by molar-refractivity contribution is -0.138. The molecule has 4 heteroatoms. The Balaban J connectivity index is 1.75. The van der Waals surface area contributed by atoms with E-state index in [1.54, 1.807) is 0 Å². The standard InChI is InChI=1S/C18H27NOS2/c1-3-6-14-11-18(21-9-5-10-22-18)12-17-8-4-7-15(17)13(2)16(20)19(14)17/h3,13-15H,1,4-12H2,2H3/t13-,14+,15?,17+/m1/s1. The predicted molar refractivity (Wildman–Crippen MR) is 96.2 cm³/mol. The van der Waals surface area contributed by atoms with Gasteiger partial charge in [-0.25, -0.2) is 0 Å². The number of piperidine rings is 1. The van der Waals surface area contributed by atoms with Gasteiger partial charge in [0.1, 0.15) is 0 Å². The third-order valence-electron chi connectivity index (χ3n) is 6.47. The molecule has 122 valence electrons. The monoisotopic (exact) mass is 337 g/mol. The largest absolute Gasteiger partial charge is 0.333 e. The first-order valence-corrected chi connectivity index (χ1v) is 10.8. The normalized spacial score (nSPS) is 43.2. The van der Waals surface area contributed by atoms with E-state index >= 15 is 0 Å². The maximum Gasteiger partial charge on any atom is 0.226 e. The Kier molecular flexibility index (Phi) is 3.84. The minimum absolute atomic E-state index is 0.180. The van der Waals surface area contributed by atoms with Crippen molar-refractivity contribution in [3.05, 3.63) is 12.7 Å². The summed E-state index contributed by atoms with van der Waals surface area (Å²) < 4.78 is 0.370. The zero-order chi connectivity index (χ0) is 15.4. The number of hydrogen-bond acceptors (Lipinski definition) is 3. The molecule has 0 aromatic heterocycles. The Morgan fingerprint density at radius 2 is 2.14 bits per heavy atom. The van der Waals surface area contributed by atoms with Gasteiger partial charge in [-0.2, -0.15) is 0 Å². The third kappa shape index (κ3) is 2.05. The molecular weight excluding hydrogens is 310 g/mol. The quantitative estimate of drug-likeness (QED) is 0.700. The van der Waals surface area contributed by atoms with Crippen molar-refractivity contribution in [1.82, 2.24) is 4.90 Å². The lowest BCUT2D eigenvalue weighted by Gasteiger charge is -2.56. The number of rotatable bonds is 2. The van der Waals surface area contributed by atoms with Gasteiger partial charge in [0.05, 0.1) is 4.08 Å². The highest BCUT2D eigenvalue weighted by molar-refractivity contribution is 8.18. The lowest BCUT2D eigenvalue weighted by atomic mass is 9.76. The summed E-state index contributed by atoms with van der Waals surface area (Å²) in [4.78, 5) is 15.4. The molecule has 3 aliphatic heterocycles. The Bertz CT molecular complexity index is 487. The highest BCUT2D eigenvalue weighted by Gasteiger charge is 2.65. The molecule has 3 heterocycles. The van der Waals surface area contributed by atoms with E-state index in [1.165, 1.54) is 50.0 Å². The summed E-state index contributed by atoms with van der Waals surface area (Å²) in [6, 6.07) is 0.391. The molecule has 1 amide bonds. The zero-order valence-corrected chi connectivity index (χ0v) is 15.2. The van der Waals surface area contributed by atoms with Crippen LogP contribution in [0.1, 0.15) is 51.9 Å². The van der Waals surface area contributed by atoms with Crippen molar-refractivity contribution in [2.75, 3.05) is 11.5 Å². The molecule has 4 fully saturated rings. The molecule has 4 atom stereocenters. The van der Waals surface area contributed by atoms with E-state index in [2.05, 4.69) is 41.9 Å². The minimum Gasteiger partial charge on any atom is -0.333 e. The van der Waals surface area contributed by atoms with Gasteiger partial charge in [0.2, 0.25) is 5.91 Å². The van der Waals surface area contributed by atoms with Crippen molar-refractivity contribution in [1.29, 1.82) is 0 Å². The van der Waals surface area contributed by atoms with E-state index in [0.717, 1.165) is 6.42 Å². The maximum absolute atomic E-state index is 13.0. The number of thioether (sulfide) groups is 2. The topological polar surface area (TPSA) is 20.3 Å². The van der Waals surface area contributed by atoms with Crippen LogP contribution in [0, 0.1) is 11.8 Å². The molecule has 0 N–H and O–H groups in total. The van der Waals surface area contributed by atoms with E-state index in [4.69, 9.17) is 0 Å². The highest BCUT2D eigenvalue weighted by atomic mass is 32.2. The third-order valence-corrected chi connectivity index (χ3v) is 9.84. The molecule has 0 bridgehead atoms. The molecule has 22 heavy (non-hydrogen) atoms. The van der Waals surface area contributed by atoms with Gasteiger partial charge in [-0.1, -0.05) is 19.4 Å². The molecule has 4 aliphatic rings. The first kappa shape index (κ1) is 15.4. The average Bonchev–Trinajstić information content (AvgIpc) is 2.97. The van der Waals surface area contributed by atoms with Crippen LogP contribution in [0.3, 0.4) is 0 Å². The van der Waals surface area contributed by atoms with Crippen molar-refractivity contribution in [3.63, 3.8) is 0 Å². The maximum atomic E-state index is 13.0. The molecule has 4 rings (SSSR count). The summed E-state index contributed by atoms with van der Waals surface area (Å²) in [7, 11) is 0. The molecule has 3 saturated heterocycles. The van der Waals surface area contributed by atoms with Gasteiger partial charge in [0.15, 0.2) is 0 Å². The molecule has 0 aromatic carbocycles. The van der Waals surface area contributed by atoms with E-state index < -0.39 is 0 Å². The second kappa shape index (κ2) is 5.47. The second-order valence-corrected chi connectivity index (χ2v) is 10.8. The fourth-order valence-electron chi connectivity index (χ4n) is 5.76. The number of hydrogen-bond donors (Lipinski definition) is 0. The second-order valence-electron chi connectivity index (χ2n) is 7.62. The van der Waals surface area contributed by atoms with Crippen LogP contribution < -0.4 is 0 Å². The Morgan fingerprint density at radius 3 is 2.86 bits per heavy atom. The van der Waals surface area contributed by atoms with Crippen molar-refractivity contribution >= 4 is 29.4 Å². The fraction of sp³-hybridized carbons (Fsp3) is 0.833. The average molecular weight is 338 g/mol. The van der Waals surface area contributed by atoms with E-state index in [9.17, 15) is 4.79 Å². The summed E-state index contributed by atoms with van der Waals surface area (Å²) in [6.45, 7) is 6.17. The number of amides is 1. The Labute approximate surface area is 142 Å². The van der Waals surface area contributed by atoms with Crippen LogP contribution in [0.25, 0.3) is 0 Å². The van der Waals surface area contributed by atoms with Crippen LogP contribution in [0.15, 0.2) is 12.7 Å². The smallest absolute Gasteiger partial charge is 0.226 e. The van der Waals surface area contributed by atoms with E-state index in [-0.39, 0.29) is 11.5 Å². The molecule has 1 unspecified atom stereocenters. The summed E-state index contributed by atoms with van der Waals surface area (Å²) in [5, 5.41) is 0. The number of carbonyl (C=O) groups excluding carboxylic acids is 1. The van der Waals surface area contributed by atoms with Crippen LogP contribution in [0.4, 0.5) is 0 Å². The molecule has 2 nitrogen and oxygen atoms in total. The fourth-order valence-corrected chi connectivity index (χ4v) is 9.42. The Morgan fingerprint density at radius 1 is 1.36 bits per heavy atom. The Hall–Kier alpha value is -0.0900. The first-order valence-electron chi connectivity index (χ1n) is 8.84. The van der Waals surface area contributed by atoms with Crippen LogP contribution in [0.5, 0.6) is 0 Å². The van der Waals surface area contributed by atoms with Gasteiger partial charge < -0.3 is 4.90 Å². The first-order chi connectivity index (χ1) is 10.6. The lowest BCUT2D eigenvalue weighted by Crippen LogP contribution is -2.61. The van der Waals surface area contributed by atoms with Gasteiger partial charge in [-0.15, -0.1) is 30.1 Å². The molecule has 1 aliphatic carbocycles.